The Morgan fingerprint density at radius 2 is 1.91 bits per heavy atom. The predicted octanol–water partition coefficient (Wildman–Crippen LogP) is 4.53. The molecule has 0 radical (unpaired) electrons. The molecule has 1 aliphatic heterocycles. The molecule has 5 heteroatoms. The van der Waals surface area contributed by atoms with Gasteiger partial charge in [0.1, 0.15) is 5.76 Å². The molecule has 2 heterocycles. The zero-order valence-electron chi connectivity index (χ0n) is 12.8. The van der Waals surface area contributed by atoms with Crippen molar-refractivity contribution in [1.82, 2.24) is 0 Å². The Morgan fingerprint density at radius 3 is 2.65 bits per heavy atom. The fourth-order valence-corrected chi connectivity index (χ4v) is 3.17. The van der Waals surface area contributed by atoms with Crippen LogP contribution in [0, 0.1) is 3.77 Å². The third kappa shape index (κ3) is 4.37. The molecule has 0 atom stereocenters. The standard InChI is InChI=1S/C18H19IN2O2/c19-17-10-8-14(23-17)9-11-18(22)20-15-6-2-3-7-16(15)21-12-4-1-5-13-21/h2-3,6-11H,1,4-5,12-13H2,(H,20,22)/b11-9+. The highest BCUT2D eigenvalue weighted by atomic mass is 127. The maximum absolute atomic E-state index is 12.2. The van der Waals surface area contributed by atoms with Crippen molar-refractivity contribution < 1.29 is 9.21 Å². The van der Waals surface area contributed by atoms with Crippen molar-refractivity contribution in [2.45, 2.75) is 19.3 Å². The van der Waals surface area contributed by atoms with Gasteiger partial charge >= 0.3 is 0 Å². The van der Waals surface area contributed by atoms with E-state index in [2.05, 4.69) is 38.9 Å². The number of hydrogen-bond acceptors (Lipinski definition) is 3. The van der Waals surface area contributed by atoms with E-state index >= 15 is 0 Å². The van der Waals surface area contributed by atoms with Gasteiger partial charge in [0.15, 0.2) is 3.77 Å². The first-order valence-electron chi connectivity index (χ1n) is 7.81. The molecule has 1 saturated heterocycles. The highest BCUT2D eigenvalue weighted by Crippen LogP contribution is 2.28. The molecule has 1 amide bonds. The van der Waals surface area contributed by atoms with Crippen molar-refractivity contribution in [2.75, 3.05) is 23.3 Å². The topological polar surface area (TPSA) is 45.5 Å². The molecule has 0 saturated carbocycles. The summed E-state index contributed by atoms with van der Waals surface area (Å²) in [5.74, 6) is 0.523. The average molecular weight is 422 g/mol. The zero-order valence-corrected chi connectivity index (χ0v) is 15.0. The lowest BCUT2D eigenvalue weighted by Crippen LogP contribution is -2.30. The molecule has 1 fully saturated rings. The van der Waals surface area contributed by atoms with Crippen LogP contribution in [0.25, 0.3) is 6.08 Å². The second-order valence-corrected chi connectivity index (χ2v) is 6.59. The molecule has 0 bridgehead atoms. The number of halogens is 1. The van der Waals surface area contributed by atoms with E-state index in [1.54, 1.807) is 6.08 Å². The molecule has 4 nitrogen and oxygen atoms in total. The molecule has 1 aromatic carbocycles. The Balaban J connectivity index is 1.69. The van der Waals surface area contributed by atoms with Gasteiger partial charge < -0.3 is 14.6 Å². The second-order valence-electron chi connectivity index (χ2n) is 5.53. The average Bonchev–Trinajstić information content (AvgIpc) is 3.00. The summed E-state index contributed by atoms with van der Waals surface area (Å²) < 4.78 is 6.22. The Kier molecular flexibility index (Phi) is 5.38. The van der Waals surface area contributed by atoms with Gasteiger partial charge in [-0.2, -0.15) is 0 Å². The Morgan fingerprint density at radius 1 is 1.13 bits per heavy atom. The van der Waals surface area contributed by atoms with E-state index in [0.29, 0.717) is 5.76 Å². The van der Waals surface area contributed by atoms with E-state index in [4.69, 9.17) is 4.42 Å². The molecule has 0 spiro atoms. The number of para-hydroxylation sites is 2. The van der Waals surface area contributed by atoms with Gasteiger partial charge in [-0.15, -0.1) is 0 Å². The van der Waals surface area contributed by atoms with Crippen LogP contribution in [0.1, 0.15) is 25.0 Å². The number of anilines is 2. The minimum absolute atomic E-state index is 0.152. The van der Waals surface area contributed by atoms with Crippen LogP contribution >= 0.6 is 22.6 Å². The first-order valence-corrected chi connectivity index (χ1v) is 8.88. The lowest BCUT2D eigenvalue weighted by Gasteiger charge is -2.30. The molecular formula is C18H19IN2O2. The highest BCUT2D eigenvalue weighted by Gasteiger charge is 2.14. The van der Waals surface area contributed by atoms with Crippen LogP contribution in [-0.2, 0) is 4.79 Å². The lowest BCUT2D eigenvalue weighted by molar-refractivity contribution is -0.111. The molecule has 0 unspecified atom stereocenters. The largest absolute Gasteiger partial charge is 0.451 e. The zero-order chi connectivity index (χ0) is 16.1. The van der Waals surface area contributed by atoms with Gasteiger partial charge in [0.2, 0.25) is 5.91 Å². The minimum atomic E-state index is -0.152. The van der Waals surface area contributed by atoms with Crippen LogP contribution in [0.5, 0.6) is 0 Å². The van der Waals surface area contributed by atoms with E-state index < -0.39 is 0 Å². The maximum atomic E-state index is 12.2. The van der Waals surface area contributed by atoms with Crippen LogP contribution in [0.4, 0.5) is 11.4 Å². The van der Waals surface area contributed by atoms with E-state index in [1.165, 1.54) is 25.3 Å². The second kappa shape index (κ2) is 7.68. The van der Waals surface area contributed by atoms with Crippen molar-refractivity contribution in [1.29, 1.82) is 0 Å². The summed E-state index contributed by atoms with van der Waals surface area (Å²) in [6.45, 7) is 2.10. The SMILES string of the molecule is O=C(/C=C/c1ccc(I)o1)Nc1ccccc1N1CCCCC1. The van der Waals surface area contributed by atoms with Crippen molar-refractivity contribution in [3.63, 3.8) is 0 Å². The predicted molar refractivity (Wildman–Crippen MR) is 102 cm³/mol. The van der Waals surface area contributed by atoms with Gasteiger partial charge in [-0.1, -0.05) is 12.1 Å². The normalized spacial score (nSPS) is 15.1. The van der Waals surface area contributed by atoms with Gasteiger partial charge in [-0.25, -0.2) is 0 Å². The number of amides is 1. The summed E-state index contributed by atoms with van der Waals surface area (Å²) in [6.07, 6.45) is 6.89. The molecule has 0 aliphatic carbocycles. The molecular weight excluding hydrogens is 403 g/mol. The number of carbonyl (C=O) groups excluding carboxylic acids is 1. The number of nitrogens with zero attached hydrogens (tertiary/aromatic N) is 1. The first-order chi connectivity index (χ1) is 11.2. The van der Waals surface area contributed by atoms with Crippen molar-refractivity contribution in [2.24, 2.45) is 0 Å². The molecule has 1 aromatic heterocycles. The molecule has 2 aromatic rings. The van der Waals surface area contributed by atoms with Gasteiger partial charge in [0.25, 0.3) is 0 Å². The minimum Gasteiger partial charge on any atom is -0.451 e. The van der Waals surface area contributed by atoms with E-state index in [-0.39, 0.29) is 5.91 Å². The van der Waals surface area contributed by atoms with Crippen LogP contribution in [-0.4, -0.2) is 19.0 Å². The summed E-state index contributed by atoms with van der Waals surface area (Å²) in [4.78, 5) is 14.5. The number of rotatable bonds is 4. The van der Waals surface area contributed by atoms with Gasteiger partial charge in [-0.05, 0) is 72.2 Å². The lowest BCUT2D eigenvalue weighted by atomic mass is 10.1. The number of hydrogen-bond donors (Lipinski definition) is 1. The van der Waals surface area contributed by atoms with Crippen LogP contribution in [0.15, 0.2) is 46.9 Å². The van der Waals surface area contributed by atoms with Crippen molar-refractivity contribution >= 4 is 45.9 Å². The quantitative estimate of drug-likeness (QED) is 0.582. The van der Waals surface area contributed by atoms with Crippen molar-refractivity contribution in [3.8, 4) is 0 Å². The third-order valence-corrected chi connectivity index (χ3v) is 4.43. The highest BCUT2D eigenvalue weighted by molar-refractivity contribution is 14.1. The summed E-state index contributed by atoms with van der Waals surface area (Å²) in [6, 6.07) is 11.7. The number of nitrogens with one attached hydrogen (secondary N) is 1. The molecule has 1 N–H and O–H groups in total. The molecule has 120 valence electrons. The Hall–Kier alpha value is -1.76. The number of piperidine rings is 1. The third-order valence-electron chi connectivity index (χ3n) is 3.85. The van der Waals surface area contributed by atoms with Gasteiger partial charge in [-0.3, -0.25) is 4.79 Å². The van der Waals surface area contributed by atoms with E-state index in [0.717, 1.165) is 28.2 Å². The van der Waals surface area contributed by atoms with Crippen molar-refractivity contribution in [3.05, 3.63) is 52.0 Å². The van der Waals surface area contributed by atoms with Crippen LogP contribution < -0.4 is 10.2 Å². The summed E-state index contributed by atoms with van der Waals surface area (Å²) in [5, 5.41) is 2.97. The number of carbonyl (C=O) groups is 1. The summed E-state index contributed by atoms with van der Waals surface area (Å²) in [5.41, 5.74) is 1.96. The summed E-state index contributed by atoms with van der Waals surface area (Å²) in [7, 11) is 0. The molecule has 23 heavy (non-hydrogen) atoms. The first kappa shape index (κ1) is 16.1. The van der Waals surface area contributed by atoms with Gasteiger partial charge in [0, 0.05) is 19.2 Å². The summed E-state index contributed by atoms with van der Waals surface area (Å²) >= 11 is 2.10. The maximum Gasteiger partial charge on any atom is 0.248 e. The monoisotopic (exact) mass is 422 g/mol. The number of furan rings is 1. The number of benzene rings is 1. The molecule has 1 aliphatic rings. The van der Waals surface area contributed by atoms with Crippen LogP contribution in [0.2, 0.25) is 0 Å². The fraction of sp³-hybridized carbons (Fsp3) is 0.278. The smallest absolute Gasteiger partial charge is 0.248 e. The fourth-order valence-electron chi connectivity index (χ4n) is 2.74. The van der Waals surface area contributed by atoms with E-state index in [9.17, 15) is 4.79 Å². The van der Waals surface area contributed by atoms with Gasteiger partial charge in [0.05, 0.1) is 11.4 Å². The van der Waals surface area contributed by atoms with E-state index in [1.807, 2.05) is 30.3 Å². The molecule has 3 rings (SSSR count). The Bertz CT molecular complexity index is 703. The Labute approximate surface area is 149 Å². The van der Waals surface area contributed by atoms with Crippen LogP contribution in [0.3, 0.4) is 0 Å².